The van der Waals surface area contributed by atoms with E-state index < -0.39 is 0 Å². The number of rotatable bonds is 3. The molecule has 1 spiro atoms. The van der Waals surface area contributed by atoms with Gasteiger partial charge < -0.3 is 14.2 Å². The van der Waals surface area contributed by atoms with Gasteiger partial charge in [0.25, 0.3) is 0 Å². The fourth-order valence-electron chi connectivity index (χ4n) is 2.77. The van der Waals surface area contributed by atoms with Crippen LogP contribution in [0, 0.1) is 0 Å². The Hall–Kier alpha value is -0.900. The van der Waals surface area contributed by atoms with Crippen LogP contribution in [0.1, 0.15) is 45.1 Å². The molecule has 1 heterocycles. The third-order valence-corrected chi connectivity index (χ3v) is 3.84. The molecule has 1 aliphatic heterocycles. The largest absolute Gasteiger partial charge is 0.374 e. The Morgan fingerprint density at radius 3 is 2.25 bits per heavy atom. The Morgan fingerprint density at radius 1 is 1.05 bits per heavy atom. The molecule has 0 amide bonds. The van der Waals surface area contributed by atoms with Gasteiger partial charge in [0.2, 0.25) is 0 Å². The van der Waals surface area contributed by atoms with E-state index in [9.17, 15) is 0 Å². The van der Waals surface area contributed by atoms with Gasteiger partial charge in [-0.15, -0.1) is 0 Å². The van der Waals surface area contributed by atoms with E-state index >= 15 is 0 Å². The molecule has 3 heteroatoms. The van der Waals surface area contributed by atoms with Gasteiger partial charge in [-0.05, 0) is 18.4 Å². The molecular formula is C17H26O3. The summed E-state index contributed by atoms with van der Waals surface area (Å²) in [5.41, 5.74) is 1.24. The first kappa shape index (κ1) is 15.5. The molecular weight excluding hydrogens is 252 g/mol. The van der Waals surface area contributed by atoms with Gasteiger partial charge in [-0.2, -0.15) is 0 Å². The molecule has 0 N–H and O–H groups in total. The molecule has 20 heavy (non-hydrogen) atoms. The van der Waals surface area contributed by atoms with Crippen molar-refractivity contribution in [2.24, 2.45) is 0 Å². The molecule has 0 atom stereocenters. The van der Waals surface area contributed by atoms with E-state index in [0.29, 0.717) is 12.7 Å². The third kappa shape index (κ3) is 4.05. The summed E-state index contributed by atoms with van der Waals surface area (Å²) in [6.07, 6.45) is 4.35. The number of benzene rings is 1. The lowest BCUT2D eigenvalue weighted by molar-refractivity contribution is -0.192. The Bertz CT molecular complexity index is 361. The number of ether oxygens (including phenoxy) is 3. The smallest absolute Gasteiger partial charge is 0.168 e. The molecule has 0 bridgehead atoms. The summed E-state index contributed by atoms with van der Waals surface area (Å²) in [6.45, 7) is 6.20. The lowest BCUT2D eigenvalue weighted by Crippen LogP contribution is -2.37. The first-order chi connectivity index (χ1) is 9.86. The van der Waals surface area contributed by atoms with E-state index in [1.165, 1.54) is 5.56 Å². The van der Waals surface area contributed by atoms with Gasteiger partial charge in [-0.1, -0.05) is 44.2 Å². The van der Waals surface area contributed by atoms with Crippen LogP contribution in [-0.2, 0) is 20.8 Å². The van der Waals surface area contributed by atoms with Gasteiger partial charge in [0.1, 0.15) is 0 Å². The predicted molar refractivity (Wildman–Crippen MR) is 79.5 cm³/mol. The highest BCUT2D eigenvalue weighted by molar-refractivity contribution is 5.13. The summed E-state index contributed by atoms with van der Waals surface area (Å²) in [7, 11) is 0. The fourth-order valence-corrected chi connectivity index (χ4v) is 2.77. The molecule has 3 nitrogen and oxygen atoms in total. The SMILES string of the molecule is CC.c1ccc(COC2CCC3(CC2)OCCO3)cc1. The molecule has 1 aliphatic carbocycles. The van der Waals surface area contributed by atoms with Crippen LogP contribution in [0.25, 0.3) is 0 Å². The first-order valence-corrected chi connectivity index (χ1v) is 7.80. The summed E-state index contributed by atoms with van der Waals surface area (Å²) in [6, 6.07) is 10.3. The summed E-state index contributed by atoms with van der Waals surface area (Å²) in [5, 5.41) is 0. The molecule has 1 aromatic rings. The van der Waals surface area contributed by atoms with Crippen molar-refractivity contribution in [3.05, 3.63) is 35.9 Å². The predicted octanol–water partition coefficient (Wildman–Crippen LogP) is 3.92. The Kier molecular flexibility index (Phi) is 6.02. The van der Waals surface area contributed by atoms with Crippen molar-refractivity contribution < 1.29 is 14.2 Å². The lowest BCUT2D eigenvalue weighted by Gasteiger charge is -2.35. The fraction of sp³-hybridized carbons (Fsp3) is 0.647. The number of hydrogen-bond acceptors (Lipinski definition) is 3. The normalized spacial score (nSPS) is 21.5. The highest BCUT2D eigenvalue weighted by Crippen LogP contribution is 2.36. The molecule has 0 radical (unpaired) electrons. The standard InChI is InChI=1S/C15H20O3.C2H6/c1-2-4-13(5-3-1)12-16-14-6-8-15(9-7-14)17-10-11-18-15;1-2/h1-5,14H,6-12H2;1-2H3. The molecule has 112 valence electrons. The van der Waals surface area contributed by atoms with E-state index in [1.807, 2.05) is 19.9 Å². The lowest BCUT2D eigenvalue weighted by atomic mass is 9.92. The van der Waals surface area contributed by atoms with Gasteiger partial charge in [0.15, 0.2) is 5.79 Å². The van der Waals surface area contributed by atoms with Crippen molar-refractivity contribution in [1.82, 2.24) is 0 Å². The monoisotopic (exact) mass is 278 g/mol. The molecule has 1 saturated heterocycles. The van der Waals surface area contributed by atoms with Gasteiger partial charge >= 0.3 is 0 Å². The maximum absolute atomic E-state index is 5.96. The highest BCUT2D eigenvalue weighted by Gasteiger charge is 2.40. The van der Waals surface area contributed by atoms with E-state index in [4.69, 9.17) is 14.2 Å². The van der Waals surface area contributed by atoms with Crippen molar-refractivity contribution >= 4 is 0 Å². The Labute approximate surface area is 122 Å². The zero-order valence-corrected chi connectivity index (χ0v) is 12.6. The number of hydrogen-bond donors (Lipinski definition) is 0. The molecule has 2 aliphatic rings. The van der Waals surface area contributed by atoms with Crippen LogP contribution >= 0.6 is 0 Å². The van der Waals surface area contributed by atoms with E-state index in [0.717, 1.165) is 38.9 Å². The van der Waals surface area contributed by atoms with Crippen molar-refractivity contribution in [2.75, 3.05) is 13.2 Å². The van der Waals surface area contributed by atoms with Gasteiger partial charge in [-0.3, -0.25) is 0 Å². The minimum Gasteiger partial charge on any atom is -0.374 e. The summed E-state index contributed by atoms with van der Waals surface area (Å²) in [4.78, 5) is 0. The molecule has 1 aromatic carbocycles. The molecule has 0 unspecified atom stereocenters. The summed E-state index contributed by atoms with van der Waals surface area (Å²) in [5.74, 6) is -0.271. The molecule has 2 fully saturated rings. The van der Waals surface area contributed by atoms with E-state index in [1.54, 1.807) is 0 Å². The van der Waals surface area contributed by atoms with Gasteiger partial charge in [-0.25, -0.2) is 0 Å². The Morgan fingerprint density at radius 2 is 1.65 bits per heavy atom. The van der Waals surface area contributed by atoms with E-state index in [-0.39, 0.29) is 5.79 Å². The van der Waals surface area contributed by atoms with Crippen LogP contribution in [0.5, 0.6) is 0 Å². The topological polar surface area (TPSA) is 27.7 Å². The minimum atomic E-state index is -0.271. The average molecular weight is 278 g/mol. The van der Waals surface area contributed by atoms with Crippen LogP contribution in [0.4, 0.5) is 0 Å². The molecule has 3 rings (SSSR count). The maximum Gasteiger partial charge on any atom is 0.168 e. The van der Waals surface area contributed by atoms with Crippen LogP contribution in [0.15, 0.2) is 30.3 Å². The quantitative estimate of drug-likeness (QED) is 0.839. The molecule has 1 saturated carbocycles. The average Bonchev–Trinajstić information content (AvgIpc) is 2.98. The Balaban J connectivity index is 0.000000704. The second-order valence-corrected chi connectivity index (χ2v) is 5.10. The maximum atomic E-state index is 5.96. The van der Waals surface area contributed by atoms with Crippen LogP contribution in [0.3, 0.4) is 0 Å². The van der Waals surface area contributed by atoms with Crippen molar-refractivity contribution in [1.29, 1.82) is 0 Å². The van der Waals surface area contributed by atoms with Crippen LogP contribution in [-0.4, -0.2) is 25.1 Å². The van der Waals surface area contributed by atoms with Crippen molar-refractivity contribution in [3.8, 4) is 0 Å². The summed E-state index contributed by atoms with van der Waals surface area (Å²) >= 11 is 0. The third-order valence-electron chi connectivity index (χ3n) is 3.84. The van der Waals surface area contributed by atoms with Gasteiger partial charge in [0, 0.05) is 12.8 Å². The zero-order chi connectivity index (χ0) is 14.3. The highest BCUT2D eigenvalue weighted by atomic mass is 16.7. The second-order valence-electron chi connectivity index (χ2n) is 5.10. The minimum absolute atomic E-state index is 0.271. The van der Waals surface area contributed by atoms with Crippen molar-refractivity contribution in [3.63, 3.8) is 0 Å². The molecule has 0 aromatic heterocycles. The summed E-state index contributed by atoms with van der Waals surface area (Å²) < 4.78 is 17.4. The zero-order valence-electron chi connectivity index (χ0n) is 12.6. The second kappa shape index (κ2) is 7.77. The van der Waals surface area contributed by atoms with Gasteiger partial charge in [0.05, 0.1) is 25.9 Å². The van der Waals surface area contributed by atoms with Crippen LogP contribution < -0.4 is 0 Å². The van der Waals surface area contributed by atoms with Crippen LogP contribution in [0.2, 0.25) is 0 Å². The van der Waals surface area contributed by atoms with Crippen molar-refractivity contribution in [2.45, 2.75) is 58.0 Å². The first-order valence-electron chi connectivity index (χ1n) is 7.80. The van der Waals surface area contributed by atoms with E-state index in [2.05, 4.69) is 24.3 Å².